The predicted octanol–water partition coefficient (Wildman–Crippen LogP) is 1.99. The summed E-state index contributed by atoms with van der Waals surface area (Å²) >= 11 is 0. The SMILES string of the molecule is Cc1cccc(OCCNC(=O)C2CCC(C(=O)O)C2)c1. The molecule has 0 aliphatic heterocycles. The number of carboxylic acid groups (broad SMARTS) is 1. The number of benzene rings is 1. The standard InChI is InChI=1S/C16H21NO4/c1-11-3-2-4-14(9-11)21-8-7-17-15(18)12-5-6-13(10-12)16(19)20/h2-4,9,12-13H,5-8,10H2,1H3,(H,17,18)(H,19,20). The van der Waals surface area contributed by atoms with Crippen molar-refractivity contribution >= 4 is 11.9 Å². The summed E-state index contributed by atoms with van der Waals surface area (Å²) in [6.45, 7) is 2.83. The number of carbonyl (C=O) groups is 2. The van der Waals surface area contributed by atoms with Gasteiger partial charge in [-0.15, -0.1) is 0 Å². The van der Waals surface area contributed by atoms with Crippen molar-refractivity contribution in [2.45, 2.75) is 26.2 Å². The molecule has 1 aliphatic rings. The van der Waals surface area contributed by atoms with Crippen LogP contribution in [0.25, 0.3) is 0 Å². The average molecular weight is 291 g/mol. The molecule has 1 saturated carbocycles. The molecule has 2 N–H and O–H groups in total. The molecule has 0 spiro atoms. The Kier molecular flexibility index (Phi) is 5.20. The van der Waals surface area contributed by atoms with Gasteiger partial charge >= 0.3 is 5.97 Å². The van der Waals surface area contributed by atoms with Gasteiger partial charge in [-0.3, -0.25) is 9.59 Å². The molecule has 1 aliphatic carbocycles. The monoisotopic (exact) mass is 291 g/mol. The van der Waals surface area contributed by atoms with Crippen LogP contribution in [0.5, 0.6) is 5.75 Å². The Morgan fingerprint density at radius 3 is 2.76 bits per heavy atom. The molecule has 1 aromatic carbocycles. The van der Waals surface area contributed by atoms with Gasteiger partial charge in [0.05, 0.1) is 12.5 Å². The van der Waals surface area contributed by atoms with E-state index in [2.05, 4.69) is 5.32 Å². The van der Waals surface area contributed by atoms with Crippen LogP contribution in [0.4, 0.5) is 0 Å². The first-order valence-corrected chi connectivity index (χ1v) is 7.26. The van der Waals surface area contributed by atoms with Gasteiger partial charge in [0.25, 0.3) is 0 Å². The van der Waals surface area contributed by atoms with Crippen LogP contribution in [0.3, 0.4) is 0 Å². The number of hydrogen-bond acceptors (Lipinski definition) is 3. The summed E-state index contributed by atoms with van der Waals surface area (Å²) in [7, 11) is 0. The normalized spacial score (nSPS) is 21.0. The number of carbonyl (C=O) groups excluding carboxylic acids is 1. The van der Waals surface area contributed by atoms with Gasteiger partial charge in [-0.05, 0) is 43.9 Å². The highest BCUT2D eigenvalue weighted by Gasteiger charge is 2.33. The predicted molar refractivity (Wildman–Crippen MR) is 78.2 cm³/mol. The first-order valence-electron chi connectivity index (χ1n) is 7.26. The third kappa shape index (κ3) is 4.48. The van der Waals surface area contributed by atoms with Crippen LogP contribution in [-0.2, 0) is 9.59 Å². The van der Waals surface area contributed by atoms with E-state index in [1.165, 1.54) is 0 Å². The highest BCUT2D eigenvalue weighted by Crippen LogP contribution is 2.30. The van der Waals surface area contributed by atoms with Gasteiger partial charge in [-0.25, -0.2) is 0 Å². The first kappa shape index (κ1) is 15.4. The molecule has 5 nitrogen and oxygen atoms in total. The molecular weight excluding hydrogens is 270 g/mol. The van der Waals surface area contributed by atoms with Crippen molar-refractivity contribution in [1.82, 2.24) is 5.32 Å². The van der Waals surface area contributed by atoms with Crippen molar-refractivity contribution in [3.8, 4) is 5.75 Å². The zero-order valence-electron chi connectivity index (χ0n) is 12.2. The molecule has 1 fully saturated rings. The summed E-state index contributed by atoms with van der Waals surface area (Å²) in [4.78, 5) is 22.8. The van der Waals surface area contributed by atoms with Crippen LogP contribution in [0.1, 0.15) is 24.8 Å². The Labute approximate surface area is 124 Å². The summed E-state index contributed by atoms with van der Waals surface area (Å²) in [6, 6.07) is 7.74. The van der Waals surface area contributed by atoms with Crippen molar-refractivity contribution in [2.75, 3.05) is 13.2 Å². The van der Waals surface area contributed by atoms with E-state index in [0.717, 1.165) is 11.3 Å². The van der Waals surface area contributed by atoms with Crippen molar-refractivity contribution < 1.29 is 19.4 Å². The molecule has 0 bridgehead atoms. The average Bonchev–Trinajstić information content (AvgIpc) is 2.93. The summed E-state index contributed by atoms with van der Waals surface area (Å²) in [6.07, 6.45) is 1.69. The van der Waals surface area contributed by atoms with E-state index in [9.17, 15) is 9.59 Å². The van der Waals surface area contributed by atoms with Gasteiger partial charge in [0.15, 0.2) is 0 Å². The fourth-order valence-corrected chi connectivity index (χ4v) is 2.64. The van der Waals surface area contributed by atoms with Crippen molar-refractivity contribution in [3.63, 3.8) is 0 Å². The van der Waals surface area contributed by atoms with E-state index in [1.807, 2.05) is 31.2 Å². The summed E-state index contributed by atoms with van der Waals surface area (Å²) in [5.74, 6) is -0.620. The Morgan fingerprint density at radius 1 is 1.33 bits per heavy atom. The third-order valence-corrected chi connectivity index (χ3v) is 3.81. The topological polar surface area (TPSA) is 75.6 Å². The fraction of sp³-hybridized carbons (Fsp3) is 0.500. The van der Waals surface area contributed by atoms with Crippen LogP contribution >= 0.6 is 0 Å². The minimum absolute atomic E-state index is 0.0633. The second-order valence-corrected chi connectivity index (χ2v) is 5.50. The lowest BCUT2D eigenvalue weighted by Crippen LogP contribution is -2.33. The Morgan fingerprint density at radius 2 is 2.10 bits per heavy atom. The maximum atomic E-state index is 11.9. The highest BCUT2D eigenvalue weighted by molar-refractivity contribution is 5.80. The van der Waals surface area contributed by atoms with Crippen LogP contribution in [-0.4, -0.2) is 30.1 Å². The number of amides is 1. The lowest BCUT2D eigenvalue weighted by molar-refractivity contribution is -0.141. The van der Waals surface area contributed by atoms with Gasteiger partial charge in [0, 0.05) is 5.92 Å². The Bertz CT molecular complexity index is 515. The van der Waals surface area contributed by atoms with Crippen LogP contribution in [0.15, 0.2) is 24.3 Å². The molecule has 1 aromatic rings. The Hall–Kier alpha value is -2.04. The lowest BCUT2D eigenvalue weighted by atomic mass is 10.0. The zero-order valence-corrected chi connectivity index (χ0v) is 12.2. The van der Waals surface area contributed by atoms with E-state index in [-0.39, 0.29) is 17.7 Å². The third-order valence-electron chi connectivity index (χ3n) is 3.81. The molecule has 0 radical (unpaired) electrons. The molecular formula is C16H21NO4. The number of rotatable bonds is 6. The number of aryl methyl sites for hydroxylation is 1. The second-order valence-electron chi connectivity index (χ2n) is 5.50. The van der Waals surface area contributed by atoms with Crippen LogP contribution in [0, 0.1) is 18.8 Å². The number of hydrogen-bond donors (Lipinski definition) is 2. The van der Waals surface area contributed by atoms with Crippen molar-refractivity contribution in [1.29, 1.82) is 0 Å². The van der Waals surface area contributed by atoms with Crippen molar-refractivity contribution in [3.05, 3.63) is 29.8 Å². The molecule has 5 heteroatoms. The van der Waals surface area contributed by atoms with Crippen molar-refractivity contribution in [2.24, 2.45) is 11.8 Å². The molecule has 0 saturated heterocycles. The van der Waals surface area contributed by atoms with Crippen LogP contribution < -0.4 is 10.1 Å². The minimum atomic E-state index is -0.798. The van der Waals surface area contributed by atoms with E-state index in [1.54, 1.807) is 0 Å². The first-order chi connectivity index (χ1) is 10.1. The molecule has 1 amide bonds. The molecule has 2 rings (SSSR count). The quantitative estimate of drug-likeness (QED) is 0.786. The molecule has 21 heavy (non-hydrogen) atoms. The summed E-state index contributed by atoms with van der Waals surface area (Å²) < 4.78 is 5.55. The van der Waals surface area contributed by atoms with E-state index < -0.39 is 5.97 Å². The molecule has 2 unspecified atom stereocenters. The molecule has 0 heterocycles. The Balaban J connectivity index is 1.67. The van der Waals surface area contributed by atoms with E-state index >= 15 is 0 Å². The smallest absolute Gasteiger partial charge is 0.306 e. The highest BCUT2D eigenvalue weighted by atomic mass is 16.5. The van der Waals surface area contributed by atoms with E-state index in [4.69, 9.17) is 9.84 Å². The van der Waals surface area contributed by atoms with Gasteiger partial charge in [-0.2, -0.15) is 0 Å². The number of ether oxygens (including phenoxy) is 1. The molecule has 0 aromatic heterocycles. The number of nitrogens with one attached hydrogen (secondary N) is 1. The van der Waals surface area contributed by atoms with Gasteiger partial charge in [-0.1, -0.05) is 12.1 Å². The van der Waals surface area contributed by atoms with Gasteiger partial charge < -0.3 is 15.2 Å². The largest absolute Gasteiger partial charge is 0.492 e. The van der Waals surface area contributed by atoms with E-state index in [0.29, 0.717) is 32.4 Å². The van der Waals surface area contributed by atoms with Gasteiger partial charge in [0.1, 0.15) is 12.4 Å². The van der Waals surface area contributed by atoms with Crippen LogP contribution in [0.2, 0.25) is 0 Å². The summed E-state index contributed by atoms with van der Waals surface area (Å²) in [5, 5.41) is 11.7. The molecule has 2 atom stereocenters. The summed E-state index contributed by atoms with van der Waals surface area (Å²) in [5.41, 5.74) is 1.13. The molecule has 114 valence electrons. The number of aliphatic carboxylic acids is 1. The minimum Gasteiger partial charge on any atom is -0.492 e. The van der Waals surface area contributed by atoms with Gasteiger partial charge in [0.2, 0.25) is 5.91 Å². The zero-order chi connectivity index (χ0) is 15.2. The second kappa shape index (κ2) is 7.11. The lowest BCUT2D eigenvalue weighted by Gasteiger charge is -2.11. The maximum absolute atomic E-state index is 11.9. The maximum Gasteiger partial charge on any atom is 0.306 e. The number of carboxylic acids is 1. The fourth-order valence-electron chi connectivity index (χ4n) is 2.64.